The zero-order valence-electron chi connectivity index (χ0n) is 14.9. The zero-order chi connectivity index (χ0) is 17.9. The second-order valence-electron chi connectivity index (χ2n) is 7.46. The largest absolute Gasteiger partial charge is 0.481 e. The summed E-state index contributed by atoms with van der Waals surface area (Å²) >= 11 is 0. The molecule has 24 heavy (non-hydrogen) atoms. The maximum atomic E-state index is 12.6. The number of aliphatic carboxylic acids is 1. The first-order valence-corrected chi connectivity index (χ1v) is 8.48. The molecule has 1 aromatic carbocycles. The molecule has 1 amide bonds. The van der Waals surface area contributed by atoms with E-state index in [0.29, 0.717) is 12.3 Å². The molecule has 0 radical (unpaired) electrons. The third kappa shape index (κ3) is 4.49. The number of ether oxygens (including phenoxy) is 1. The molecule has 0 aromatic heterocycles. The number of carboxylic acids is 1. The molecule has 0 saturated carbocycles. The van der Waals surface area contributed by atoms with Gasteiger partial charge in [-0.25, -0.2) is 0 Å². The number of hydrogen-bond donors (Lipinski definition) is 1. The SMILES string of the molecule is CC(Oc1ccc(C(C)(C)C)cc1)C(=O)N1CCCC1CC(=O)O. The highest BCUT2D eigenvalue weighted by Crippen LogP contribution is 2.26. The Morgan fingerprint density at radius 2 is 1.92 bits per heavy atom. The summed E-state index contributed by atoms with van der Waals surface area (Å²) in [5.41, 5.74) is 1.27. The summed E-state index contributed by atoms with van der Waals surface area (Å²) in [5.74, 6) is -0.359. The number of carbonyl (C=O) groups is 2. The summed E-state index contributed by atoms with van der Waals surface area (Å²) in [6.45, 7) is 8.75. The van der Waals surface area contributed by atoms with E-state index in [2.05, 4.69) is 20.8 Å². The van der Waals surface area contributed by atoms with Crippen LogP contribution in [0.15, 0.2) is 24.3 Å². The maximum absolute atomic E-state index is 12.6. The monoisotopic (exact) mass is 333 g/mol. The predicted octanol–water partition coefficient (Wildman–Crippen LogP) is 3.22. The number of carbonyl (C=O) groups excluding carboxylic acids is 1. The smallest absolute Gasteiger partial charge is 0.305 e. The summed E-state index contributed by atoms with van der Waals surface area (Å²) in [4.78, 5) is 25.2. The van der Waals surface area contributed by atoms with E-state index < -0.39 is 12.1 Å². The van der Waals surface area contributed by atoms with Gasteiger partial charge in [-0.2, -0.15) is 0 Å². The quantitative estimate of drug-likeness (QED) is 0.898. The molecule has 1 saturated heterocycles. The lowest BCUT2D eigenvalue weighted by atomic mass is 9.87. The Kier molecular flexibility index (Phi) is 5.52. The highest BCUT2D eigenvalue weighted by atomic mass is 16.5. The summed E-state index contributed by atoms with van der Waals surface area (Å²) in [6, 6.07) is 7.56. The standard InChI is InChI=1S/C19H27NO4/c1-13(18(23)20-11-5-6-15(20)12-17(21)22)24-16-9-7-14(8-10-16)19(2,3)4/h7-10,13,15H,5-6,11-12H2,1-4H3,(H,21,22). The van der Waals surface area contributed by atoms with Crippen molar-refractivity contribution in [1.82, 2.24) is 4.90 Å². The van der Waals surface area contributed by atoms with Gasteiger partial charge in [0.05, 0.1) is 6.42 Å². The van der Waals surface area contributed by atoms with Crippen LogP contribution in [0.5, 0.6) is 5.75 Å². The van der Waals surface area contributed by atoms with Crippen LogP contribution in [0.3, 0.4) is 0 Å². The number of benzene rings is 1. The Labute approximate surface area is 143 Å². The van der Waals surface area contributed by atoms with Gasteiger partial charge in [0.25, 0.3) is 5.91 Å². The van der Waals surface area contributed by atoms with Crippen molar-refractivity contribution in [2.24, 2.45) is 0 Å². The molecule has 5 nitrogen and oxygen atoms in total. The van der Waals surface area contributed by atoms with Gasteiger partial charge in [-0.1, -0.05) is 32.9 Å². The molecule has 1 aliphatic rings. The molecule has 2 atom stereocenters. The van der Waals surface area contributed by atoms with Gasteiger partial charge in [0.2, 0.25) is 0 Å². The maximum Gasteiger partial charge on any atom is 0.305 e. The van der Waals surface area contributed by atoms with Gasteiger partial charge < -0.3 is 14.7 Å². The third-order valence-electron chi connectivity index (χ3n) is 4.45. The second kappa shape index (κ2) is 7.24. The fourth-order valence-corrected chi connectivity index (χ4v) is 3.06. The van der Waals surface area contributed by atoms with Crippen LogP contribution in [0.4, 0.5) is 0 Å². The first-order chi connectivity index (χ1) is 11.2. The van der Waals surface area contributed by atoms with Gasteiger partial charge in [0.1, 0.15) is 5.75 Å². The van der Waals surface area contributed by atoms with Crippen LogP contribution >= 0.6 is 0 Å². The molecule has 2 unspecified atom stereocenters. The van der Waals surface area contributed by atoms with E-state index in [4.69, 9.17) is 9.84 Å². The molecular weight excluding hydrogens is 306 g/mol. The Morgan fingerprint density at radius 1 is 1.29 bits per heavy atom. The molecule has 1 aromatic rings. The van der Waals surface area contributed by atoms with E-state index in [1.54, 1.807) is 11.8 Å². The highest BCUT2D eigenvalue weighted by Gasteiger charge is 2.33. The Morgan fingerprint density at radius 3 is 2.46 bits per heavy atom. The second-order valence-corrected chi connectivity index (χ2v) is 7.46. The van der Waals surface area contributed by atoms with Crippen molar-refractivity contribution >= 4 is 11.9 Å². The van der Waals surface area contributed by atoms with E-state index >= 15 is 0 Å². The lowest BCUT2D eigenvalue weighted by Crippen LogP contribution is -2.43. The van der Waals surface area contributed by atoms with E-state index in [9.17, 15) is 9.59 Å². The van der Waals surface area contributed by atoms with Crippen molar-refractivity contribution in [3.8, 4) is 5.75 Å². The van der Waals surface area contributed by atoms with Crippen molar-refractivity contribution in [3.63, 3.8) is 0 Å². The van der Waals surface area contributed by atoms with Crippen LogP contribution < -0.4 is 4.74 Å². The molecule has 0 aliphatic carbocycles. The number of amides is 1. The molecule has 1 aliphatic heterocycles. The van der Waals surface area contributed by atoms with Crippen molar-refractivity contribution in [3.05, 3.63) is 29.8 Å². The van der Waals surface area contributed by atoms with Gasteiger partial charge in [0.15, 0.2) is 6.10 Å². The summed E-state index contributed by atoms with van der Waals surface area (Å²) in [6.07, 6.45) is 0.959. The van der Waals surface area contributed by atoms with Crippen molar-refractivity contribution < 1.29 is 19.4 Å². The number of nitrogens with zero attached hydrogens (tertiary/aromatic N) is 1. The fraction of sp³-hybridized carbons (Fsp3) is 0.579. The lowest BCUT2D eigenvalue weighted by molar-refractivity contribution is -0.142. The minimum absolute atomic E-state index is 0.00125. The minimum atomic E-state index is -0.869. The van der Waals surface area contributed by atoms with E-state index in [0.717, 1.165) is 12.8 Å². The molecule has 0 bridgehead atoms. The molecule has 2 rings (SSSR count). The highest BCUT2D eigenvalue weighted by molar-refractivity contribution is 5.82. The van der Waals surface area contributed by atoms with E-state index in [-0.39, 0.29) is 23.8 Å². The lowest BCUT2D eigenvalue weighted by Gasteiger charge is -2.27. The molecule has 1 N–H and O–H groups in total. The minimum Gasteiger partial charge on any atom is -0.481 e. The average molecular weight is 333 g/mol. The Bertz CT molecular complexity index is 588. The normalized spacial score (nSPS) is 19.2. The summed E-state index contributed by atoms with van der Waals surface area (Å²) in [5, 5.41) is 8.97. The zero-order valence-corrected chi connectivity index (χ0v) is 14.9. The molecule has 5 heteroatoms. The number of likely N-dealkylation sites (tertiary alicyclic amines) is 1. The van der Waals surface area contributed by atoms with Gasteiger partial charge in [-0.15, -0.1) is 0 Å². The van der Waals surface area contributed by atoms with E-state index in [1.807, 2.05) is 24.3 Å². The first-order valence-electron chi connectivity index (χ1n) is 8.48. The molecular formula is C19H27NO4. The Balaban J connectivity index is 1.99. The van der Waals surface area contributed by atoms with Crippen LogP contribution in [0.1, 0.15) is 52.5 Å². The van der Waals surface area contributed by atoms with Crippen molar-refractivity contribution in [1.29, 1.82) is 0 Å². The van der Waals surface area contributed by atoms with Crippen LogP contribution in [0, 0.1) is 0 Å². The fourth-order valence-electron chi connectivity index (χ4n) is 3.06. The summed E-state index contributed by atoms with van der Waals surface area (Å²) in [7, 11) is 0. The average Bonchev–Trinajstić information content (AvgIpc) is 2.93. The molecule has 132 valence electrons. The van der Waals surface area contributed by atoms with Gasteiger partial charge >= 0.3 is 5.97 Å². The van der Waals surface area contributed by atoms with Crippen molar-refractivity contribution in [2.75, 3.05) is 6.54 Å². The van der Waals surface area contributed by atoms with Gasteiger partial charge in [-0.3, -0.25) is 9.59 Å². The predicted molar refractivity (Wildman–Crippen MR) is 92.2 cm³/mol. The number of rotatable bonds is 5. The van der Waals surface area contributed by atoms with Gasteiger partial charge in [0, 0.05) is 12.6 Å². The molecule has 0 spiro atoms. The molecule has 1 heterocycles. The molecule has 1 fully saturated rings. The number of carboxylic acid groups (broad SMARTS) is 1. The van der Waals surface area contributed by atoms with E-state index in [1.165, 1.54) is 5.56 Å². The third-order valence-corrected chi connectivity index (χ3v) is 4.45. The summed E-state index contributed by atoms with van der Waals surface area (Å²) < 4.78 is 5.77. The van der Waals surface area contributed by atoms with Crippen molar-refractivity contribution in [2.45, 2.75) is 64.5 Å². The number of hydrogen-bond acceptors (Lipinski definition) is 3. The van der Waals surface area contributed by atoms with Crippen LogP contribution in [-0.2, 0) is 15.0 Å². The Hall–Kier alpha value is -2.04. The van der Waals surface area contributed by atoms with Crippen LogP contribution in [0.25, 0.3) is 0 Å². The topological polar surface area (TPSA) is 66.8 Å². The first kappa shape index (κ1) is 18.3. The van der Waals surface area contributed by atoms with Gasteiger partial charge in [-0.05, 0) is 42.9 Å². The van der Waals surface area contributed by atoms with Crippen LogP contribution in [-0.4, -0.2) is 40.6 Å². The van der Waals surface area contributed by atoms with Crippen LogP contribution in [0.2, 0.25) is 0 Å².